The van der Waals surface area contributed by atoms with Crippen molar-refractivity contribution in [2.24, 2.45) is 0 Å². The van der Waals surface area contributed by atoms with E-state index < -0.39 is 10.4 Å². The van der Waals surface area contributed by atoms with Crippen LogP contribution in [0.15, 0.2) is 12.7 Å². The average Bonchev–Trinajstić information content (AvgIpc) is 2.01. The normalized spacial score (nSPS) is 8.94. The molecule has 0 N–H and O–H groups in total. The monoisotopic (exact) mass is 270 g/mol. The number of rotatable bonds is 6. The summed E-state index contributed by atoms with van der Waals surface area (Å²) in [6.45, 7) is 7.33. The van der Waals surface area contributed by atoms with Crippen molar-refractivity contribution in [3.05, 3.63) is 12.7 Å². The molecular formula is C8H16Na2O5S. The summed E-state index contributed by atoms with van der Waals surface area (Å²) >= 11 is 0. The van der Waals surface area contributed by atoms with Crippen LogP contribution in [0.2, 0.25) is 0 Å². The number of hydrogen-bond donors (Lipinski definition) is 0. The second-order valence-electron chi connectivity index (χ2n) is 2.48. The van der Waals surface area contributed by atoms with E-state index in [1.807, 2.05) is 0 Å². The molecule has 0 aromatic heterocycles. The fourth-order valence-electron chi connectivity index (χ4n) is 0.621. The van der Waals surface area contributed by atoms with Crippen molar-refractivity contribution in [1.82, 2.24) is 0 Å². The molecular weight excluding hydrogens is 254 g/mol. The van der Waals surface area contributed by atoms with Crippen molar-refractivity contribution in [2.45, 2.75) is 26.2 Å². The van der Waals surface area contributed by atoms with Gasteiger partial charge >= 0.3 is 59.1 Å². The van der Waals surface area contributed by atoms with E-state index in [0.717, 1.165) is 6.61 Å². The van der Waals surface area contributed by atoms with Crippen LogP contribution in [0.3, 0.4) is 0 Å². The minimum atomic E-state index is -5.17. The average molecular weight is 270 g/mol. The Morgan fingerprint density at radius 2 is 1.69 bits per heavy atom. The van der Waals surface area contributed by atoms with Crippen molar-refractivity contribution in [3.8, 4) is 0 Å². The molecule has 0 aromatic rings. The molecule has 0 saturated heterocycles. The Morgan fingerprint density at radius 1 is 1.25 bits per heavy atom. The van der Waals surface area contributed by atoms with Crippen LogP contribution in [0.1, 0.15) is 26.2 Å². The van der Waals surface area contributed by atoms with E-state index in [1.165, 1.54) is 19.3 Å². The summed E-state index contributed by atoms with van der Waals surface area (Å²) in [4.78, 5) is 0. The molecule has 0 aliphatic rings. The molecule has 5 nitrogen and oxygen atoms in total. The molecule has 0 fully saturated rings. The Balaban J connectivity index is -0.0000000904. The number of hydrogen-bond acceptors (Lipinski definition) is 5. The van der Waals surface area contributed by atoms with Crippen LogP contribution in [-0.4, -0.2) is 30.7 Å². The molecule has 8 heteroatoms. The van der Waals surface area contributed by atoms with Gasteiger partial charge in [0.05, 0.1) is 6.61 Å². The molecule has 0 rings (SSSR count). The van der Waals surface area contributed by atoms with Gasteiger partial charge in [0.15, 0.2) is 0 Å². The van der Waals surface area contributed by atoms with Crippen LogP contribution in [0.25, 0.3) is 0 Å². The third-order valence-corrected chi connectivity index (χ3v) is 1.13. The van der Waals surface area contributed by atoms with Crippen LogP contribution in [0.5, 0.6) is 0 Å². The molecule has 0 radical (unpaired) electrons. The second kappa shape index (κ2) is 18.9. The first-order chi connectivity index (χ1) is 6.41. The van der Waals surface area contributed by atoms with Gasteiger partial charge in [-0.3, -0.25) is 8.42 Å². The molecule has 0 amide bonds. The predicted molar refractivity (Wildman–Crippen MR) is 51.0 cm³/mol. The van der Waals surface area contributed by atoms with Crippen LogP contribution >= 0.6 is 0 Å². The molecule has 0 bridgehead atoms. The quantitative estimate of drug-likeness (QED) is 0.159. The van der Waals surface area contributed by atoms with Gasteiger partial charge in [-0.25, -0.2) is 0 Å². The van der Waals surface area contributed by atoms with Crippen molar-refractivity contribution < 1.29 is 81.4 Å². The third kappa shape index (κ3) is 57.7. The topological polar surface area (TPSA) is 89.5 Å². The number of ether oxygens (including phenoxy) is 1. The molecule has 16 heavy (non-hydrogen) atoms. The zero-order valence-corrected chi connectivity index (χ0v) is 15.1. The van der Waals surface area contributed by atoms with Gasteiger partial charge in [-0.2, -0.15) is 0 Å². The summed E-state index contributed by atoms with van der Waals surface area (Å²) in [6.07, 6.45) is 5.50. The van der Waals surface area contributed by atoms with E-state index in [1.54, 1.807) is 6.08 Å². The van der Waals surface area contributed by atoms with E-state index in [4.69, 9.17) is 22.3 Å². The zero-order chi connectivity index (χ0) is 11.4. The molecule has 86 valence electrons. The van der Waals surface area contributed by atoms with E-state index in [0.29, 0.717) is 6.61 Å². The smallest absolute Gasteiger partial charge is 0.759 e. The van der Waals surface area contributed by atoms with Gasteiger partial charge in [0.2, 0.25) is 0 Å². The largest absolute Gasteiger partial charge is 1.00 e. The maximum Gasteiger partial charge on any atom is 1.00 e. The SMILES string of the molecule is C=CCOCCCCC.O=S(=O)([O-])[O-].[Na+].[Na+]. The van der Waals surface area contributed by atoms with E-state index in [2.05, 4.69) is 13.5 Å². The standard InChI is InChI=1S/C8H16O.2Na.H2O4S/c1-3-5-6-8-9-7-4-2;;;1-5(2,3)4/h4H,2-3,5-8H2,1H3;;;(H2,1,2,3,4)/q;2*+1;/p-2. The second-order valence-corrected chi connectivity index (χ2v) is 3.30. The molecule has 0 heterocycles. The van der Waals surface area contributed by atoms with Gasteiger partial charge < -0.3 is 13.8 Å². The summed E-state index contributed by atoms with van der Waals surface area (Å²) in [5, 5.41) is 0. The first-order valence-electron chi connectivity index (χ1n) is 4.27. The first-order valence-corrected chi connectivity index (χ1v) is 5.60. The van der Waals surface area contributed by atoms with Crippen LogP contribution < -0.4 is 59.1 Å². The minimum absolute atomic E-state index is 0. The summed E-state index contributed by atoms with van der Waals surface area (Å²) < 4.78 is 39.3. The van der Waals surface area contributed by atoms with Gasteiger partial charge in [0.1, 0.15) is 0 Å². The Labute approximate surface area is 142 Å². The molecule has 0 aliphatic carbocycles. The van der Waals surface area contributed by atoms with Crippen molar-refractivity contribution in [1.29, 1.82) is 0 Å². The third-order valence-electron chi connectivity index (χ3n) is 1.13. The number of unbranched alkanes of at least 4 members (excludes halogenated alkanes) is 2. The molecule has 0 atom stereocenters. The zero-order valence-electron chi connectivity index (χ0n) is 10.3. The molecule has 0 saturated carbocycles. The Morgan fingerprint density at radius 3 is 2.00 bits per heavy atom. The Hall–Kier alpha value is 1.57. The fourth-order valence-corrected chi connectivity index (χ4v) is 0.621. The van der Waals surface area contributed by atoms with Crippen LogP contribution in [0, 0.1) is 0 Å². The summed E-state index contributed by atoms with van der Waals surface area (Å²) in [5.74, 6) is 0. The van der Waals surface area contributed by atoms with Crippen molar-refractivity contribution in [3.63, 3.8) is 0 Å². The fraction of sp³-hybridized carbons (Fsp3) is 0.750. The maximum atomic E-state index is 8.52. The minimum Gasteiger partial charge on any atom is -0.759 e. The summed E-state index contributed by atoms with van der Waals surface area (Å²) in [6, 6.07) is 0. The van der Waals surface area contributed by atoms with Crippen LogP contribution in [-0.2, 0) is 15.1 Å². The maximum absolute atomic E-state index is 8.52. The molecule has 0 aromatic carbocycles. The van der Waals surface area contributed by atoms with Crippen LogP contribution in [0.4, 0.5) is 0 Å². The van der Waals surface area contributed by atoms with Gasteiger partial charge in [0, 0.05) is 17.0 Å². The van der Waals surface area contributed by atoms with E-state index in [-0.39, 0.29) is 59.1 Å². The Kier molecular flexibility index (Phi) is 31.0. The van der Waals surface area contributed by atoms with E-state index in [9.17, 15) is 0 Å². The molecule has 0 unspecified atom stereocenters. The Bertz CT molecular complexity index is 210. The van der Waals surface area contributed by atoms with Gasteiger partial charge in [-0.1, -0.05) is 25.8 Å². The van der Waals surface area contributed by atoms with Gasteiger partial charge in [-0.15, -0.1) is 6.58 Å². The predicted octanol–water partition coefficient (Wildman–Crippen LogP) is -4.95. The van der Waals surface area contributed by atoms with Gasteiger partial charge in [-0.05, 0) is 6.42 Å². The van der Waals surface area contributed by atoms with Crippen molar-refractivity contribution in [2.75, 3.05) is 13.2 Å². The summed E-state index contributed by atoms with van der Waals surface area (Å²) in [5.41, 5.74) is 0. The van der Waals surface area contributed by atoms with Crippen molar-refractivity contribution >= 4 is 10.4 Å². The first kappa shape index (κ1) is 26.2. The molecule has 0 aliphatic heterocycles. The molecule has 0 spiro atoms. The van der Waals surface area contributed by atoms with Gasteiger partial charge in [0.25, 0.3) is 0 Å². The van der Waals surface area contributed by atoms with E-state index >= 15 is 0 Å². The summed E-state index contributed by atoms with van der Waals surface area (Å²) in [7, 11) is -5.17.